The summed E-state index contributed by atoms with van der Waals surface area (Å²) in [5.41, 5.74) is 2.83. The molecule has 0 saturated carbocycles. The SMILES string of the molecule is Cc1c(C(=O)Oc2ccccc2)c(OC(=O)OC(C)(C)C)c2c(c1N(C)C)CN(C(C)(C)C)C2. The van der Waals surface area contributed by atoms with Gasteiger partial charge in [0.25, 0.3) is 0 Å². The number of esters is 1. The second-order valence-electron chi connectivity index (χ2n) is 10.8. The highest BCUT2D eigenvalue weighted by Gasteiger charge is 2.38. The number of nitrogens with zero attached hydrogens (tertiary/aromatic N) is 2. The lowest BCUT2D eigenvalue weighted by molar-refractivity contribution is 0.0201. The first kappa shape index (κ1) is 25.6. The van der Waals surface area contributed by atoms with E-state index in [0.717, 1.165) is 16.8 Å². The van der Waals surface area contributed by atoms with E-state index < -0.39 is 17.7 Å². The fourth-order valence-electron chi connectivity index (χ4n) is 4.16. The fraction of sp³-hybridized carbons (Fsp3) is 0.481. The minimum Gasteiger partial charge on any atom is -0.428 e. The molecule has 1 heterocycles. The normalized spacial score (nSPS) is 13.9. The predicted octanol–water partition coefficient (Wildman–Crippen LogP) is 5.71. The third-order valence-electron chi connectivity index (χ3n) is 5.71. The van der Waals surface area contributed by atoms with Gasteiger partial charge in [0, 0.05) is 44.0 Å². The number of rotatable bonds is 4. The van der Waals surface area contributed by atoms with Gasteiger partial charge in [0.2, 0.25) is 0 Å². The van der Waals surface area contributed by atoms with Gasteiger partial charge in [-0.15, -0.1) is 0 Å². The van der Waals surface area contributed by atoms with Crippen molar-refractivity contribution in [2.45, 2.75) is 72.7 Å². The van der Waals surface area contributed by atoms with Crippen molar-refractivity contribution in [2.75, 3.05) is 19.0 Å². The van der Waals surface area contributed by atoms with Crippen LogP contribution < -0.4 is 14.4 Å². The highest BCUT2D eigenvalue weighted by Crippen LogP contribution is 2.45. The number of fused-ring (bicyclic) bond motifs is 1. The summed E-state index contributed by atoms with van der Waals surface area (Å²) in [6, 6.07) is 8.86. The molecule has 1 aliphatic heterocycles. The number of carbonyl (C=O) groups is 2. The van der Waals surface area contributed by atoms with Crippen LogP contribution in [0.1, 0.15) is 68.6 Å². The van der Waals surface area contributed by atoms with Crippen molar-refractivity contribution in [3.8, 4) is 11.5 Å². The first-order valence-electron chi connectivity index (χ1n) is 11.5. The molecule has 0 radical (unpaired) electrons. The molecule has 7 nitrogen and oxygen atoms in total. The summed E-state index contributed by atoms with van der Waals surface area (Å²) in [6.07, 6.45) is -0.852. The van der Waals surface area contributed by atoms with Gasteiger partial charge >= 0.3 is 12.1 Å². The van der Waals surface area contributed by atoms with Crippen molar-refractivity contribution in [1.29, 1.82) is 0 Å². The lowest BCUT2D eigenvalue weighted by atomic mass is 9.95. The van der Waals surface area contributed by atoms with Crippen LogP contribution in [0.15, 0.2) is 30.3 Å². The van der Waals surface area contributed by atoms with Gasteiger partial charge in [0.15, 0.2) is 5.75 Å². The molecule has 2 aromatic carbocycles. The number of anilines is 1. The summed E-state index contributed by atoms with van der Waals surface area (Å²) in [4.78, 5) is 30.5. The molecule has 34 heavy (non-hydrogen) atoms. The van der Waals surface area contributed by atoms with Crippen LogP contribution in [0.25, 0.3) is 0 Å². The number of benzene rings is 2. The molecule has 0 aliphatic carbocycles. The zero-order chi connectivity index (χ0) is 25.4. The van der Waals surface area contributed by atoms with Crippen LogP contribution in [0.5, 0.6) is 11.5 Å². The molecule has 0 fully saturated rings. The quantitative estimate of drug-likeness (QED) is 0.323. The molecular weight excluding hydrogens is 432 g/mol. The Morgan fingerprint density at radius 2 is 1.50 bits per heavy atom. The number of ether oxygens (including phenoxy) is 3. The van der Waals surface area contributed by atoms with Gasteiger partial charge < -0.3 is 19.1 Å². The van der Waals surface area contributed by atoms with E-state index in [0.29, 0.717) is 24.4 Å². The van der Waals surface area contributed by atoms with E-state index in [9.17, 15) is 9.59 Å². The Hall–Kier alpha value is -3.06. The van der Waals surface area contributed by atoms with Crippen LogP contribution in [-0.2, 0) is 17.8 Å². The molecule has 0 aromatic heterocycles. The third-order valence-corrected chi connectivity index (χ3v) is 5.71. The molecule has 3 rings (SSSR count). The minimum absolute atomic E-state index is 0.121. The first-order chi connectivity index (χ1) is 15.7. The summed E-state index contributed by atoms with van der Waals surface area (Å²) in [7, 11) is 3.89. The maximum atomic E-state index is 13.5. The highest BCUT2D eigenvalue weighted by molar-refractivity contribution is 5.99. The predicted molar refractivity (Wildman–Crippen MR) is 133 cm³/mol. The second kappa shape index (κ2) is 9.29. The Morgan fingerprint density at radius 3 is 2.03 bits per heavy atom. The largest absolute Gasteiger partial charge is 0.514 e. The van der Waals surface area contributed by atoms with Crippen molar-refractivity contribution >= 4 is 17.8 Å². The zero-order valence-corrected chi connectivity index (χ0v) is 21.7. The molecule has 184 valence electrons. The van der Waals surface area contributed by atoms with Crippen molar-refractivity contribution in [3.63, 3.8) is 0 Å². The molecule has 0 spiro atoms. The number of hydrogen-bond acceptors (Lipinski definition) is 7. The molecule has 1 aliphatic rings. The molecule has 2 aromatic rings. The molecule has 0 atom stereocenters. The fourth-order valence-corrected chi connectivity index (χ4v) is 4.16. The standard InChI is InChI=1S/C27H36N2O5/c1-17-21(24(30)32-18-13-11-10-12-14-18)23(33-25(31)34-27(5,6)7)20-16-29(26(2,3)4)15-19(20)22(17)28(8)9/h10-14H,15-16H2,1-9H3. The lowest BCUT2D eigenvalue weighted by Gasteiger charge is -2.31. The Bertz CT molecular complexity index is 1080. The molecular formula is C27H36N2O5. The monoisotopic (exact) mass is 468 g/mol. The summed E-state index contributed by atoms with van der Waals surface area (Å²) < 4.78 is 16.9. The van der Waals surface area contributed by atoms with E-state index in [-0.39, 0.29) is 16.9 Å². The van der Waals surface area contributed by atoms with Gasteiger partial charge in [0.05, 0.1) is 0 Å². The van der Waals surface area contributed by atoms with E-state index in [4.69, 9.17) is 14.2 Å². The maximum Gasteiger partial charge on any atom is 0.514 e. The summed E-state index contributed by atoms with van der Waals surface area (Å²) >= 11 is 0. The van der Waals surface area contributed by atoms with Crippen LogP contribution in [0, 0.1) is 6.92 Å². The Kier molecular flexibility index (Phi) is 6.99. The summed E-state index contributed by atoms with van der Waals surface area (Å²) in [5, 5.41) is 0. The van der Waals surface area contributed by atoms with Crippen molar-refractivity contribution in [2.24, 2.45) is 0 Å². The van der Waals surface area contributed by atoms with Gasteiger partial charge in [0.1, 0.15) is 16.9 Å². The van der Waals surface area contributed by atoms with Crippen LogP contribution >= 0.6 is 0 Å². The molecule has 0 saturated heterocycles. The number of para-hydroxylation sites is 1. The Labute approximate surface area is 202 Å². The maximum absolute atomic E-state index is 13.5. The molecule has 7 heteroatoms. The van der Waals surface area contributed by atoms with Crippen LogP contribution in [-0.4, -0.2) is 42.3 Å². The van der Waals surface area contributed by atoms with E-state index in [1.807, 2.05) is 32.0 Å². The average molecular weight is 469 g/mol. The van der Waals surface area contributed by atoms with Crippen molar-refractivity contribution in [1.82, 2.24) is 4.90 Å². The van der Waals surface area contributed by atoms with Crippen LogP contribution in [0.3, 0.4) is 0 Å². The molecule has 0 bridgehead atoms. The lowest BCUT2D eigenvalue weighted by Crippen LogP contribution is -2.37. The average Bonchev–Trinajstić information content (AvgIpc) is 3.12. The van der Waals surface area contributed by atoms with Gasteiger partial charge in [-0.3, -0.25) is 4.90 Å². The van der Waals surface area contributed by atoms with Gasteiger partial charge in [-0.25, -0.2) is 9.59 Å². The Morgan fingerprint density at radius 1 is 0.912 bits per heavy atom. The summed E-state index contributed by atoms with van der Waals surface area (Å²) in [5.74, 6) is 0.0423. The first-order valence-corrected chi connectivity index (χ1v) is 11.5. The van der Waals surface area contributed by atoms with Crippen molar-refractivity contribution in [3.05, 3.63) is 52.6 Å². The van der Waals surface area contributed by atoms with Gasteiger partial charge in [-0.2, -0.15) is 0 Å². The van der Waals surface area contributed by atoms with Gasteiger partial charge in [-0.1, -0.05) is 18.2 Å². The molecule has 0 unspecified atom stereocenters. The molecule has 0 amide bonds. The number of carbonyl (C=O) groups excluding carboxylic acids is 2. The van der Waals surface area contributed by atoms with Gasteiger partial charge in [-0.05, 0) is 71.7 Å². The van der Waals surface area contributed by atoms with E-state index in [1.54, 1.807) is 45.0 Å². The van der Waals surface area contributed by atoms with Crippen molar-refractivity contribution < 1.29 is 23.8 Å². The zero-order valence-electron chi connectivity index (χ0n) is 21.7. The highest BCUT2D eigenvalue weighted by atomic mass is 16.7. The second-order valence-corrected chi connectivity index (χ2v) is 10.8. The Balaban J connectivity index is 2.19. The molecule has 0 N–H and O–H groups in total. The van der Waals surface area contributed by atoms with E-state index in [2.05, 4.69) is 25.7 Å². The van der Waals surface area contributed by atoms with E-state index in [1.165, 1.54) is 0 Å². The number of hydrogen-bond donors (Lipinski definition) is 0. The topological polar surface area (TPSA) is 68.3 Å². The minimum atomic E-state index is -0.852. The van der Waals surface area contributed by atoms with Crippen LogP contribution in [0.2, 0.25) is 0 Å². The third kappa shape index (κ3) is 5.53. The van der Waals surface area contributed by atoms with Crippen LogP contribution in [0.4, 0.5) is 10.5 Å². The summed E-state index contributed by atoms with van der Waals surface area (Å²) in [6.45, 7) is 14.8. The smallest absolute Gasteiger partial charge is 0.428 e. The van der Waals surface area contributed by atoms with E-state index >= 15 is 0 Å².